The predicted molar refractivity (Wildman–Crippen MR) is 43.5 cm³/mol. The van der Waals surface area contributed by atoms with E-state index in [4.69, 9.17) is 5.21 Å². The van der Waals surface area contributed by atoms with E-state index in [2.05, 4.69) is 5.16 Å². The molecule has 1 aromatic heterocycles. The summed E-state index contributed by atoms with van der Waals surface area (Å²) >= 11 is 1.44. The van der Waals surface area contributed by atoms with E-state index in [9.17, 15) is 4.79 Å². The van der Waals surface area contributed by atoms with Crippen molar-refractivity contribution in [2.75, 3.05) is 0 Å². The van der Waals surface area contributed by atoms with Crippen LogP contribution in [0.1, 0.15) is 17.3 Å². The Morgan fingerprint density at radius 3 is 2.91 bits per heavy atom. The van der Waals surface area contributed by atoms with Crippen LogP contribution in [-0.4, -0.2) is 16.7 Å². The summed E-state index contributed by atoms with van der Waals surface area (Å²) in [6.45, 7) is 1.47. The van der Waals surface area contributed by atoms with Gasteiger partial charge in [-0.25, -0.2) is 0 Å². The number of carbonyl (C=O) groups is 1. The second-order valence-corrected chi connectivity index (χ2v) is 2.81. The first-order chi connectivity index (χ1) is 5.25. The van der Waals surface area contributed by atoms with Crippen LogP contribution in [0.4, 0.5) is 0 Å². The van der Waals surface area contributed by atoms with Gasteiger partial charge < -0.3 is 5.21 Å². The van der Waals surface area contributed by atoms with Gasteiger partial charge in [0, 0.05) is 10.9 Å². The molecule has 0 saturated carbocycles. The highest BCUT2D eigenvalue weighted by atomic mass is 32.1. The molecule has 1 aromatic rings. The first kappa shape index (κ1) is 7.94. The predicted octanol–water partition coefficient (Wildman–Crippen LogP) is 1.78. The number of oxime groups is 1. The van der Waals surface area contributed by atoms with Gasteiger partial charge in [-0.15, -0.1) is 0 Å². The molecule has 0 aliphatic heterocycles. The van der Waals surface area contributed by atoms with E-state index in [0.717, 1.165) is 0 Å². The SMILES string of the molecule is C/C(=N\O)C(=O)c1ccsc1. The molecule has 0 aliphatic carbocycles. The lowest BCUT2D eigenvalue weighted by atomic mass is 10.1. The van der Waals surface area contributed by atoms with Crippen molar-refractivity contribution in [1.82, 2.24) is 0 Å². The molecule has 4 heteroatoms. The fraction of sp³-hybridized carbons (Fsp3) is 0.143. The van der Waals surface area contributed by atoms with Crippen LogP contribution in [0.2, 0.25) is 0 Å². The molecule has 0 amide bonds. The van der Waals surface area contributed by atoms with Crippen molar-refractivity contribution in [3.8, 4) is 0 Å². The molecular weight excluding hydrogens is 162 g/mol. The molecule has 0 fully saturated rings. The van der Waals surface area contributed by atoms with Crippen LogP contribution in [0.25, 0.3) is 0 Å². The van der Waals surface area contributed by atoms with Gasteiger partial charge in [-0.3, -0.25) is 4.79 Å². The second kappa shape index (κ2) is 3.30. The summed E-state index contributed by atoms with van der Waals surface area (Å²) in [4.78, 5) is 11.2. The Balaban J connectivity index is 2.87. The van der Waals surface area contributed by atoms with E-state index in [0.29, 0.717) is 5.56 Å². The van der Waals surface area contributed by atoms with E-state index >= 15 is 0 Å². The van der Waals surface area contributed by atoms with Crippen molar-refractivity contribution in [2.45, 2.75) is 6.92 Å². The Morgan fingerprint density at radius 1 is 1.73 bits per heavy atom. The zero-order valence-corrected chi connectivity index (χ0v) is 6.76. The van der Waals surface area contributed by atoms with E-state index in [1.165, 1.54) is 18.3 Å². The number of ketones is 1. The lowest BCUT2D eigenvalue weighted by molar-refractivity contribution is 0.106. The molecule has 1 N–H and O–H groups in total. The van der Waals surface area contributed by atoms with Crippen LogP contribution >= 0.6 is 11.3 Å². The average Bonchev–Trinajstić information content (AvgIpc) is 2.53. The number of carbonyl (C=O) groups excluding carboxylic acids is 1. The lowest BCUT2D eigenvalue weighted by Crippen LogP contribution is -2.08. The maximum atomic E-state index is 11.2. The van der Waals surface area contributed by atoms with E-state index in [1.807, 2.05) is 0 Å². The van der Waals surface area contributed by atoms with Gasteiger partial charge in [0.25, 0.3) is 0 Å². The largest absolute Gasteiger partial charge is 0.411 e. The minimum atomic E-state index is -0.228. The number of Topliss-reactive ketones (excluding diaryl/α,β-unsaturated/α-hetero) is 1. The summed E-state index contributed by atoms with van der Waals surface area (Å²) in [5, 5.41) is 14.6. The highest BCUT2D eigenvalue weighted by Gasteiger charge is 2.09. The van der Waals surface area contributed by atoms with Gasteiger partial charge in [0.05, 0.1) is 0 Å². The van der Waals surface area contributed by atoms with Crippen molar-refractivity contribution in [1.29, 1.82) is 0 Å². The fourth-order valence-corrected chi connectivity index (χ4v) is 1.28. The first-order valence-electron chi connectivity index (χ1n) is 3.01. The molecular formula is C7H7NO2S. The van der Waals surface area contributed by atoms with Crippen LogP contribution in [0, 0.1) is 0 Å². The summed E-state index contributed by atoms with van der Waals surface area (Å²) in [6, 6.07) is 1.70. The first-order valence-corrected chi connectivity index (χ1v) is 3.95. The van der Waals surface area contributed by atoms with Crippen LogP contribution in [0.15, 0.2) is 22.0 Å². The molecule has 0 radical (unpaired) electrons. The van der Waals surface area contributed by atoms with Crippen LogP contribution in [0.3, 0.4) is 0 Å². The Morgan fingerprint density at radius 2 is 2.45 bits per heavy atom. The van der Waals surface area contributed by atoms with Gasteiger partial charge in [-0.05, 0) is 18.4 Å². The molecule has 58 valence electrons. The third-order valence-corrected chi connectivity index (χ3v) is 1.95. The molecule has 11 heavy (non-hydrogen) atoms. The summed E-state index contributed by atoms with van der Waals surface area (Å²) in [7, 11) is 0. The topological polar surface area (TPSA) is 49.7 Å². The zero-order chi connectivity index (χ0) is 8.27. The Kier molecular flexibility index (Phi) is 2.38. The summed E-state index contributed by atoms with van der Waals surface area (Å²) < 4.78 is 0. The average molecular weight is 169 g/mol. The van der Waals surface area contributed by atoms with Crippen molar-refractivity contribution in [3.63, 3.8) is 0 Å². The fourth-order valence-electron chi connectivity index (χ4n) is 0.648. The third-order valence-electron chi connectivity index (χ3n) is 1.26. The number of nitrogens with zero attached hydrogens (tertiary/aromatic N) is 1. The Hall–Kier alpha value is -1.16. The third kappa shape index (κ3) is 1.65. The van der Waals surface area contributed by atoms with Crippen LogP contribution < -0.4 is 0 Å². The number of thiophene rings is 1. The van der Waals surface area contributed by atoms with Crippen molar-refractivity contribution >= 4 is 22.8 Å². The molecule has 0 atom stereocenters. The minimum absolute atomic E-state index is 0.114. The normalized spacial score (nSPS) is 11.5. The molecule has 1 heterocycles. The smallest absolute Gasteiger partial charge is 0.211 e. The maximum Gasteiger partial charge on any atom is 0.211 e. The molecule has 0 bridgehead atoms. The maximum absolute atomic E-state index is 11.2. The molecule has 0 spiro atoms. The quantitative estimate of drug-likeness (QED) is 0.317. The van der Waals surface area contributed by atoms with Crippen molar-refractivity contribution in [2.24, 2.45) is 5.16 Å². The Bertz CT molecular complexity index is 277. The number of hydrogen-bond donors (Lipinski definition) is 1. The second-order valence-electron chi connectivity index (χ2n) is 2.03. The van der Waals surface area contributed by atoms with Gasteiger partial charge in [0.1, 0.15) is 5.71 Å². The summed E-state index contributed by atoms with van der Waals surface area (Å²) in [5.41, 5.74) is 0.689. The van der Waals surface area contributed by atoms with Crippen LogP contribution in [-0.2, 0) is 0 Å². The van der Waals surface area contributed by atoms with E-state index in [-0.39, 0.29) is 11.5 Å². The van der Waals surface area contributed by atoms with Crippen molar-refractivity contribution in [3.05, 3.63) is 22.4 Å². The summed E-state index contributed by atoms with van der Waals surface area (Å²) in [6.07, 6.45) is 0. The molecule has 0 unspecified atom stereocenters. The Labute approximate surface area is 68.0 Å². The van der Waals surface area contributed by atoms with Gasteiger partial charge in [-0.1, -0.05) is 5.16 Å². The zero-order valence-electron chi connectivity index (χ0n) is 5.94. The molecule has 0 aromatic carbocycles. The van der Waals surface area contributed by atoms with Crippen molar-refractivity contribution < 1.29 is 10.0 Å². The lowest BCUT2D eigenvalue weighted by Gasteiger charge is -1.91. The molecule has 1 rings (SSSR count). The minimum Gasteiger partial charge on any atom is -0.411 e. The highest BCUT2D eigenvalue weighted by Crippen LogP contribution is 2.07. The number of rotatable bonds is 2. The monoisotopic (exact) mass is 169 g/mol. The van der Waals surface area contributed by atoms with Gasteiger partial charge >= 0.3 is 0 Å². The summed E-state index contributed by atoms with van der Waals surface area (Å²) in [5.74, 6) is -0.228. The molecule has 0 saturated heterocycles. The van der Waals surface area contributed by atoms with Gasteiger partial charge in [-0.2, -0.15) is 11.3 Å². The standard InChI is InChI=1S/C7H7NO2S/c1-5(8-10)7(9)6-2-3-11-4-6/h2-4,10H,1H3/b8-5+. The van der Waals surface area contributed by atoms with Crippen LogP contribution in [0.5, 0.6) is 0 Å². The molecule has 3 nitrogen and oxygen atoms in total. The highest BCUT2D eigenvalue weighted by molar-refractivity contribution is 7.08. The van der Waals surface area contributed by atoms with E-state index in [1.54, 1.807) is 16.8 Å². The number of hydrogen-bond acceptors (Lipinski definition) is 4. The van der Waals surface area contributed by atoms with E-state index < -0.39 is 0 Å². The molecule has 0 aliphatic rings. The van der Waals surface area contributed by atoms with Gasteiger partial charge in [0.15, 0.2) is 0 Å². The van der Waals surface area contributed by atoms with Gasteiger partial charge in [0.2, 0.25) is 5.78 Å².